The highest BCUT2D eigenvalue weighted by molar-refractivity contribution is 5.72. The first-order valence-corrected chi connectivity index (χ1v) is 9.41. The van der Waals surface area contributed by atoms with E-state index in [0.29, 0.717) is 40.9 Å². The smallest absolute Gasteiger partial charge is 0.310 e. The predicted molar refractivity (Wildman–Crippen MR) is 101 cm³/mol. The highest BCUT2D eigenvalue weighted by Crippen LogP contribution is 2.45. The van der Waals surface area contributed by atoms with Crippen molar-refractivity contribution in [2.75, 3.05) is 6.61 Å². The third kappa shape index (κ3) is 4.59. The van der Waals surface area contributed by atoms with Gasteiger partial charge in [-0.3, -0.25) is 4.79 Å². The number of hydrogen-bond donors (Lipinski definition) is 0. The Morgan fingerprint density at radius 1 is 1.11 bits per heavy atom. The summed E-state index contributed by atoms with van der Waals surface area (Å²) in [5, 5.41) is 0. The summed E-state index contributed by atoms with van der Waals surface area (Å²) in [4.78, 5) is 11.8. The summed E-state index contributed by atoms with van der Waals surface area (Å²) < 4.78 is 31.2. The maximum absolute atomic E-state index is 14.1. The number of carbonyl (C=O) groups is 1. The summed E-state index contributed by atoms with van der Waals surface area (Å²) in [5.74, 6) is 1.36. The third-order valence-electron chi connectivity index (χ3n) is 4.58. The Kier molecular flexibility index (Phi) is 5.99. The molecule has 0 spiro atoms. The van der Waals surface area contributed by atoms with Crippen LogP contribution in [0.4, 0.5) is 4.39 Å². The molecule has 3 rings (SSSR count). The van der Waals surface area contributed by atoms with Crippen LogP contribution in [0.3, 0.4) is 0 Å². The first-order valence-electron chi connectivity index (χ1n) is 9.41. The first-order chi connectivity index (χ1) is 13.0. The molecule has 0 radical (unpaired) electrons. The number of halogens is 1. The number of carbonyl (C=O) groups excluding carboxylic acids is 1. The number of ether oxygens (including phenoxy) is 3. The van der Waals surface area contributed by atoms with Crippen molar-refractivity contribution in [3.05, 3.63) is 52.8 Å². The predicted octanol–water partition coefficient (Wildman–Crippen LogP) is 5.30. The van der Waals surface area contributed by atoms with Gasteiger partial charge in [-0.15, -0.1) is 0 Å². The van der Waals surface area contributed by atoms with Crippen molar-refractivity contribution in [2.45, 2.75) is 52.6 Å². The minimum absolute atomic E-state index is 0.130. The molecule has 1 fully saturated rings. The van der Waals surface area contributed by atoms with E-state index in [9.17, 15) is 9.18 Å². The molecule has 1 aliphatic rings. The number of rotatable bonds is 8. The van der Waals surface area contributed by atoms with E-state index in [1.165, 1.54) is 6.07 Å². The second-order valence-electron chi connectivity index (χ2n) is 6.70. The van der Waals surface area contributed by atoms with Crippen LogP contribution in [0, 0.1) is 12.7 Å². The molecule has 0 aromatic heterocycles. The number of benzene rings is 2. The van der Waals surface area contributed by atoms with E-state index in [1.807, 2.05) is 19.1 Å². The summed E-state index contributed by atoms with van der Waals surface area (Å²) in [6.45, 7) is 5.99. The number of aryl methyl sites for hydroxylation is 1. The molecule has 0 amide bonds. The van der Waals surface area contributed by atoms with Crippen LogP contribution in [0.2, 0.25) is 0 Å². The largest absolute Gasteiger partial charge is 0.493 e. The van der Waals surface area contributed by atoms with Crippen LogP contribution in [-0.2, 0) is 11.4 Å². The van der Waals surface area contributed by atoms with E-state index >= 15 is 0 Å². The lowest BCUT2D eigenvalue weighted by atomic mass is 10.1. The van der Waals surface area contributed by atoms with Gasteiger partial charge in [-0.05, 0) is 61.9 Å². The Bertz CT molecular complexity index is 827. The fourth-order valence-electron chi connectivity index (χ4n) is 2.94. The van der Waals surface area contributed by atoms with E-state index in [-0.39, 0.29) is 24.8 Å². The second kappa shape index (κ2) is 8.42. The molecule has 0 heterocycles. The van der Waals surface area contributed by atoms with Crippen molar-refractivity contribution in [1.29, 1.82) is 0 Å². The Balaban J connectivity index is 1.89. The summed E-state index contributed by atoms with van der Waals surface area (Å²) in [7, 11) is 0. The van der Waals surface area contributed by atoms with Crippen molar-refractivity contribution >= 4 is 5.97 Å². The van der Waals surface area contributed by atoms with Gasteiger partial charge in [-0.25, -0.2) is 4.39 Å². The summed E-state index contributed by atoms with van der Waals surface area (Å²) in [6, 6.07) is 8.61. The minimum atomic E-state index is -0.329. The van der Waals surface area contributed by atoms with Crippen LogP contribution in [0.25, 0.3) is 0 Å². The molecule has 27 heavy (non-hydrogen) atoms. The molecule has 0 atom stereocenters. The van der Waals surface area contributed by atoms with E-state index in [4.69, 9.17) is 14.2 Å². The van der Waals surface area contributed by atoms with Gasteiger partial charge in [-0.1, -0.05) is 13.0 Å². The molecule has 144 valence electrons. The van der Waals surface area contributed by atoms with Crippen LogP contribution in [0.1, 0.15) is 55.7 Å². The molecule has 0 unspecified atom stereocenters. The molecule has 1 saturated carbocycles. The van der Waals surface area contributed by atoms with E-state index in [0.717, 1.165) is 18.4 Å². The lowest BCUT2D eigenvalue weighted by Crippen LogP contribution is -2.10. The van der Waals surface area contributed by atoms with Crippen molar-refractivity contribution in [3.63, 3.8) is 0 Å². The minimum Gasteiger partial charge on any atom is -0.493 e. The molecule has 2 aromatic rings. The number of hydrogen-bond acceptors (Lipinski definition) is 4. The molecule has 2 aromatic carbocycles. The van der Waals surface area contributed by atoms with E-state index < -0.39 is 0 Å². The van der Waals surface area contributed by atoms with Crippen molar-refractivity contribution < 1.29 is 23.4 Å². The Labute approximate surface area is 159 Å². The molecule has 1 aliphatic carbocycles. The molecular weight excluding hydrogens is 347 g/mol. The van der Waals surface area contributed by atoms with Crippen LogP contribution in [-0.4, -0.2) is 12.6 Å². The van der Waals surface area contributed by atoms with Gasteiger partial charge in [0.1, 0.15) is 29.7 Å². The standard InChI is InChI=1S/C22H25FO4/c1-4-22(24)27-20-8-6-7-19(25-5-2)17(20)13-26-21-12-18(23)14(3)11-16(21)15-9-10-15/h6-8,11-12,15H,4-5,9-10,13H2,1-3H3. The van der Waals surface area contributed by atoms with E-state index in [2.05, 4.69) is 0 Å². The normalized spacial score (nSPS) is 13.3. The highest BCUT2D eigenvalue weighted by Gasteiger charge is 2.28. The average Bonchev–Trinajstić information content (AvgIpc) is 3.49. The Morgan fingerprint density at radius 2 is 1.85 bits per heavy atom. The molecular formula is C22H25FO4. The number of esters is 1. The molecule has 0 saturated heterocycles. The van der Waals surface area contributed by atoms with Crippen LogP contribution >= 0.6 is 0 Å². The second-order valence-corrected chi connectivity index (χ2v) is 6.70. The fraction of sp³-hybridized carbons (Fsp3) is 0.409. The summed E-state index contributed by atoms with van der Waals surface area (Å²) in [5.41, 5.74) is 2.30. The fourth-order valence-corrected chi connectivity index (χ4v) is 2.94. The molecule has 5 heteroatoms. The van der Waals surface area contributed by atoms with Gasteiger partial charge in [0, 0.05) is 12.5 Å². The maximum atomic E-state index is 14.1. The monoisotopic (exact) mass is 372 g/mol. The van der Waals surface area contributed by atoms with Crippen molar-refractivity contribution in [3.8, 4) is 17.2 Å². The Morgan fingerprint density at radius 3 is 2.52 bits per heavy atom. The summed E-state index contributed by atoms with van der Waals surface area (Å²) >= 11 is 0. The SMILES string of the molecule is CCOc1cccc(OC(=O)CC)c1COc1cc(F)c(C)cc1C1CC1. The Hall–Kier alpha value is -2.56. The zero-order valence-corrected chi connectivity index (χ0v) is 16.0. The highest BCUT2D eigenvalue weighted by atomic mass is 19.1. The zero-order valence-electron chi connectivity index (χ0n) is 16.0. The summed E-state index contributed by atoms with van der Waals surface area (Å²) in [6.07, 6.45) is 2.46. The van der Waals surface area contributed by atoms with Crippen LogP contribution in [0.5, 0.6) is 17.2 Å². The molecule has 4 nitrogen and oxygen atoms in total. The molecule has 0 N–H and O–H groups in total. The molecule has 0 bridgehead atoms. The molecule has 0 aliphatic heterocycles. The van der Waals surface area contributed by atoms with Crippen LogP contribution < -0.4 is 14.2 Å². The first kappa shape index (κ1) is 19.2. The van der Waals surface area contributed by atoms with Gasteiger partial charge in [0.25, 0.3) is 0 Å². The van der Waals surface area contributed by atoms with Gasteiger partial charge in [0.15, 0.2) is 0 Å². The quantitative estimate of drug-likeness (QED) is 0.466. The average molecular weight is 372 g/mol. The lowest BCUT2D eigenvalue weighted by molar-refractivity contribution is -0.134. The van der Waals surface area contributed by atoms with Crippen molar-refractivity contribution in [2.24, 2.45) is 0 Å². The topological polar surface area (TPSA) is 44.8 Å². The van der Waals surface area contributed by atoms with Gasteiger partial charge in [0.05, 0.1) is 12.2 Å². The van der Waals surface area contributed by atoms with Gasteiger partial charge < -0.3 is 14.2 Å². The van der Waals surface area contributed by atoms with Gasteiger partial charge in [0.2, 0.25) is 0 Å². The van der Waals surface area contributed by atoms with Crippen LogP contribution in [0.15, 0.2) is 30.3 Å². The zero-order chi connectivity index (χ0) is 19.4. The lowest BCUT2D eigenvalue weighted by Gasteiger charge is -2.17. The van der Waals surface area contributed by atoms with Gasteiger partial charge in [-0.2, -0.15) is 0 Å². The third-order valence-corrected chi connectivity index (χ3v) is 4.58. The maximum Gasteiger partial charge on any atom is 0.310 e. The van der Waals surface area contributed by atoms with Crippen molar-refractivity contribution in [1.82, 2.24) is 0 Å². The van der Waals surface area contributed by atoms with E-state index in [1.54, 1.807) is 26.0 Å². The van der Waals surface area contributed by atoms with Gasteiger partial charge >= 0.3 is 5.97 Å².